The minimum atomic E-state index is -0.0874. The molecule has 0 atom stereocenters. The zero-order chi connectivity index (χ0) is 19.1. The first kappa shape index (κ1) is 19.3. The molecule has 2 aromatic rings. The summed E-state index contributed by atoms with van der Waals surface area (Å²) in [7, 11) is 0. The number of nitrogens with one attached hydrogen (secondary N) is 1. The molecule has 1 heterocycles. The number of ether oxygens (including phenoxy) is 1. The molecule has 0 unspecified atom stereocenters. The van der Waals surface area contributed by atoms with Crippen LogP contribution in [0, 0.1) is 0 Å². The zero-order valence-electron chi connectivity index (χ0n) is 14.9. The summed E-state index contributed by atoms with van der Waals surface area (Å²) in [5, 5.41) is 3.61. The first-order valence-electron chi connectivity index (χ1n) is 9.11. The molecule has 1 N–H and O–H groups in total. The van der Waals surface area contributed by atoms with Gasteiger partial charge in [0, 0.05) is 41.9 Å². The van der Waals surface area contributed by atoms with Gasteiger partial charge in [-0.2, -0.15) is 0 Å². The van der Waals surface area contributed by atoms with Crippen LogP contribution in [0.3, 0.4) is 0 Å². The van der Waals surface area contributed by atoms with E-state index in [1.165, 1.54) is 0 Å². The van der Waals surface area contributed by atoms with Crippen LogP contribution in [-0.2, 0) is 4.79 Å². The first-order chi connectivity index (χ1) is 13.1. The molecule has 1 aliphatic carbocycles. The molecule has 142 valence electrons. The van der Waals surface area contributed by atoms with E-state index >= 15 is 0 Å². The van der Waals surface area contributed by atoms with Gasteiger partial charge in [0.25, 0.3) is 0 Å². The number of carbonyl (C=O) groups is 2. The molecule has 0 radical (unpaired) electrons. The molecule has 1 saturated carbocycles. The Labute approximate surface area is 163 Å². The first-order valence-corrected chi connectivity index (χ1v) is 9.49. The van der Waals surface area contributed by atoms with E-state index in [2.05, 4.69) is 15.3 Å². The number of amides is 1. The van der Waals surface area contributed by atoms with Crippen LogP contribution >= 0.6 is 11.6 Å². The number of halogens is 1. The average Bonchev–Trinajstić information content (AvgIpc) is 2.69. The van der Waals surface area contributed by atoms with Crippen molar-refractivity contribution in [2.75, 3.05) is 0 Å². The summed E-state index contributed by atoms with van der Waals surface area (Å²) in [6.07, 6.45) is 8.70. The smallest absolute Gasteiger partial charge is 0.232 e. The van der Waals surface area contributed by atoms with Crippen LogP contribution in [0.2, 0.25) is 5.02 Å². The minimum absolute atomic E-state index is 0.0529. The number of benzene rings is 1. The van der Waals surface area contributed by atoms with E-state index < -0.39 is 0 Å². The van der Waals surface area contributed by atoms with E-state index in [9.17, 15) is 9.59 Å². The van der Waals surface area contributed by atoms with Crippen LogP contribution in [0.4, 0.5) is 0 Å². The van der Waals surface area contributed by atoms with E-state index in [0.29, 0.717) is 16.5 Å². The fourth-order valence-corrected chi connectivity index (χ4v) is 3.28. The highest BCUT2D eigenvalue weighted by atomic mass is 35.5. The quantitative estimate of drug-likeness (QED) is 0.734. The van der Waals surface area contributed by atoms with Crippen molar-refractivity contribution < 1.29 is 14.3 Å². The Morgan fingerprint density at radius 3 is 2.48 bits per heavy atom. The van der Waals surface area contributed by atoms with Crippen molar-refractivity contribution in [1.29, 1.82) is 0 Å². The van der Waals surface area contributed by atoms with Crippen molar-refractivity contribution in [3.8, 4) is 5.88 Å². The zero-order valence-corrected chi connectivity index (χ0v) is 15.7. The van der Waals surface area contributed by atoms with Crippen molar-refractivity contribution in [3.63, 3.8) is 0 Å². The lowest BCUT2D eigenvalue weighted by Crippen LogP contribution is -2.39. The molecule has 1 aliphatic rings. The summed E-state index contributed by atoms with van der Waals surface area (Å²) >= 11 is 5.82. The molecule has 27 heavy (non-hydrogen) atoms. The third kappa shape index (κ3) is 6.03. The largest absolute Gasteiger partial charge is 0.473 e. The van der Waals surface area contributed by atoms with Gasteiger partial charge in [0.1, 0.15) is 6.10 Å². The summed E-state index contributed by atoms with van der Waals surface area (Å²) in [6, 6.07) is 6.85. The number of nitrogens with zero attached hydrogens (tertiary/aromatic N) is 2. The lowest BCUT2D eigenvalue weighted by Gasteiger charge is -2.29. The Hall–Kier alpha value is -2.47. The van der Waals surface area contributed by atoms with Gasteiger partial charge in [0.2, 0.25) is 11.8 Å². The minimum Gasteiger partial charge on any atom is -0.473 e. The van der Waals surface area contributed by atoms with Gasteiger partial charge in [-0.15, -0.1) is 0 Å². The molecule has 0 bridgehead atoms. The molecule has 0 spiro atoms. The maximum absolute atomic E-state index is 12.1. The average molecular weight is 388 g/mol. The molecular formula is C20H22ClN3O3. The second-order valence-electron chi connectivity index (χ2n) is 6.63. The maximum Gasteiger partial charge on any atom is 0.232 e. The number of rotatable bonds is 7. The highest BCUT2D eigenvalue weighted by molar-refractivity contribution is 6.30. The van der Waals surface area contributed by atoms with Crippen LogP contribution in [0.5, 0.6) is 5.88 Å². The van der Waals surface area contributed by atoms with E-state index in [1.54, 1.807) is 42.9 Å². The van der Waals surface area contributed by atoms with Gasteiger partial charge in [0.15, 0.2) is 5.78 Å². The Kier molecular flexibility index (Phi) is 6.76. The van der Waals surface area contributed by atoms with Gasteiger partial charge in [-0.05, 0) is 49.9 Å². The Balaban J connectivity index is 1.36. The summed E-state index contributed by atoms with van der Waals surface area (Å²) in [5.41, 5.74) is 0.578. The van der Waals surface area contributed by atoms with Gasteiger partial charge in [-0.1, -0.05) is 11.6 Å². The van der Waals surface area contributed by atoms with Gasteiger partial charge in [-0.3, -0.25) is 14.6 Å². The predicted octanol–water partition coefficient (Wildman–Crippen LogP) is 3.60. The van der Waals surface area contributed by atoms with Crippen LogP contribution in [-0.4, -0.2) is 33.8 Å². The molecule has 1 aromatic carbocycles. The number of aromatic nitrogens is 2. The van der Waals surface area contributed by atoms with Crippen molar-refractivity contribution in [2.24, 2.45) is 0 Å². The number of ketones is 1. The Morgan fingerprint density at radius 2 is 1.81 bits per heavy atom. The third-order valence-electron chi connectivity index (χ3n) is 4.61. The van der Waals surface area contributed by atoms with Crippen LogP contribution in [0.15, 0.2) is 42.9 Å². The lowest BCUT2D eigenvalue weighted by molar-refractivity contribution is -0.122. The van der Waals surface area contributed by atoms with Crippen molar-refractivity contribution in [3.05, 3.63) is 53.4 Å². The SMILES string of the molecule is O=C(CCC(=O)c1ccc(Cl)cc1)NC1CCC(Oc2cnccn2)CC1. The van der Waals surface area contributed by atoms with Crippen molar-refractivity contribution >= 4 is 23.3 Å². The molecule has 0 saturated heterocycles. The van der Waals surface area contributed by atoms with Crippen LogP contribution < -0.4 is 10.1 Å². The molecular weight excluding hydrogens is 366 g/mol. The van der Waals surface area contributed by atoms with E-state index in [-0.39, 0.29) is 36.7 Å². The second-order valence-corrected chi connectivity index (χ2v) is 7.07. The second kappa shape index (κ2) is 9.46. The van der Waals surface area contributed by atoms with Gasteiger partial charge < -0.3 is 10.1 Å². The third-order valence-corrected chi connectivity index (χ3v) is 4.86. The van der Waals surface area contributed by atoms with E-state index in [0.717, 1.165) is 25.7 Å². The summed E-state index contributed by atoms with van der Waals surface area (Å²) in [4.78, 5) is 32.4. The number of hydrogen-bond acceptors (Lipinski definition) is 5. The fraction of sp³-hybridized carbons (Fsp3) is 0.400. The van der Waals surface area contributed by atoms with Gasteiger partial charge in [0.05, 0.1) is 6.20 Å². The van der Waals surface area contributed by atoms with E-state index in [1.807, 2.05) is 0 Å². The molecule has 7 heteroatoms. The Morgan fingerprint density at radius 1 is 1.07 bits per heavy atom. The summed E-state index contributed by atoms with van der Waals surface area (Å²) in [6.45, 7) is 0. The molecule has 3 rings (SSSR count). The summed E-state index contributed by atoms with van der Waals surface area (Å²) < 4.78 is 5.80. The molecule has 6 nitrogen and oxygen atoms in total. The monoisotopic (exact) mass is 387 g/mol. The van der Waals surface area contributed by atoms with Crippen molar-refractivity contribution in [1.82, 2.24) is 15.3 Å². The summed E-state index contributed by atoms with van der Waals surface area (Å²) in [5.74, 6) is 0.393. The molecule has 1 fully saturated rings. The van der Waals surface area contributed by atoms with Crippen LogP contribution in [0.1, 0.15) is 48.9 Å². The molecule has 1 aromatic heterocycles. The maximum atomic E-state index is 12.1. The van der Waals surface area contributed by atoms with Crippen LogP contribution in [0.25, 0.3) is 0 Å². The normalized spacial score (nSPS) is 19.3. The standard InChI is InChI=1S/C20H22ClN3O3/c21-15-3-1-14(2-4-15)18(25)9-10-19(26)24-16-5-7-17(8-6-16)27-20-13-22-11-12-23-20/h1-4,11-13,16-17H,5-10H2,(H,24,26). The molecule has 0 aliphatic heterocycles. The predicted molar refractivity (Wildman–Crippen MR) is 102 cm³/mol. The number of Topliss-reactive ketones (excluding diaryl/α,β-unsaturated/α-hetero) is 1. The van der Waals surface area contributed by atoms with Crippen molar-refractivity contribution in [2.45, 2.75) is 50.7 Å². The number of carbonyl (C=O) groups excluding carboxylic acids is 2. The van der Waals surface area contributed by atoms with Gasteiger partial charge >= 0.3 is 0 Å². The highest BCUT2D eigenvalue weighted by Gasteiger charge is 2.24. The number of hydrogen-bond donors (Lipinski definition) is 1. The Bertz CT molecular complexity index is 760. The van der Waals surface area contributed by atoms with E-state index in [4.69, 9.17) is 16.3 Å². The van der Waals surface area contributed by atoms with Gasteiger partial charge in [-0.25, -0.2) is 4.98 Å². The molecule has 1 amide bonds. The topological polar surface area (TPSA) is 81.2 Å². The highest BCUT2D eigenvalue weighted by Crippen LogP contribution is 2.22. The lowest BCUT2D eigenvalue weighted by atomic mass is 9.92. The fourth-order valence-electron chi connectivity index (χ4n) is 3.15.